The number of hydrogen-bond acceptors (Lipinski definition) is 4. The first-order chi connectivity index (χ1) is 13.0. The summed E-state index contributed by atoms with van der Waals surface area (Å²) in [4.78, 5) is 29.1. The zero-order valence-electron chi connectivity index (χ0n) is 15.2. The fourth-order valence-corrected chi connectivity index (χ4v) is 3.18. The summed E-state index contributed by atoms with van der Waals surface area (Å²) in [5.74, 6) is -0.793. The summed E-state index contributed by atoms with van der Waals surface area (Å²) in [5.41, 5.74) is 2.94. The Balaban J connectivity index is 1.71. The summed E-state index contributed by atoms with van der Waals surface area (Å²) in [5, 5.41) is 3.76. The summed E-state index contributed by atoms with van der Waals surface area (Å²) in [6.45, 7) is 1.65. The summed E-state index contributed by atoms with van der Waals surface area (Å²) >= 11 is 0. The van der Waals surface area contributed by atoms with Crippen LogP contribution in [0.5, 0.6) is 0 Å². The molecular formula is C20H20N4O3. The van der Waals surface area contributed by atoms with E-state index in [4.69, 9.17) is 4.42 Å². The first-order valence-corrected chi connectivity index (χ1v) is 8.69. The van der Waals surface area contributed by atoms with Gasteiger partial charge in [0.15, 0.2) is 5.58 Å². The zero-order valence-corrected chi connectivity index (χ0v) is 15.2. The lowest BCUT2D eigenvalue weighted by Gasteiger charge is -2.10. The van der Waals surface area contributed by atoms with E-state index in [1.54, 1.807) is 18.2 Å². The largest absolute Gasteiger partial charge is 0.417 e. The molecule has 0 saturated carbocycles. The third-order valence-corrected chi connectivity index (χ3v) is 4.52. The first kappa shape index (κ1) is 17.1. The summed E-state index contributed by atoms with van der Waals surface area (Å²) in [6, 6.07) is 13.0. The Morgan fingerprint density at radius 3 is 2.81 bits per heavy atom. The van der Waals surface area contributed by atoms with E-state index in [2.05, 4.69) is 19.8 Å². The smallest absolute Gasteiger partial charge is 0.406 e. The van der Waals surface area contributed by atoms with Crippen molar-refractivity contribution in [2.24, 2.45) is 0 Å². The fourth-order valence-electron chi connectivity index (χ4n) is 3.18. The minimum absolute atomic E-state index is 0.244. The van der Waals surface area contributed by atoms with Crippen molar-refractivity contribution in [2.45, 2.75) is 6.54 Å². The Bertz CT molecular complexity index is 1180. The molecule has 4 aromatic rings. The maximum atomic E-state index is 13.0. The fraction of sp³-hybridized carbons (Fsp3) is 0.200. The minimum Gasteiger partial charge on any atom is -0.406 e. The molecule has 2 heterocycles. The van der Waals surface area contributed by atoms with Gasteiger partial charge < -0.3 is 19.2 Å². The number of fused-ring (bicyclic) bond motifs is 2. The lowest BCUT2D eigenvalue weighted by Crippen LogP contribution is -2.18. The van der Waals surface area contributed by atoms with Crippen LogP contribution in [0.15, 0.2) is 57.9 Å². The average molecular weight is 364 g/mol. The number of nitrogens with zero attached hydrogens (tertiary/aromatic N) is 2. The molecule has 7 nitrogen and oxygen atoms in total. The lowest BCUT2D eigenvalue weighted by atomic mass is 10.1. The Hall–Kier alpha value is -3.32. The maximum absolute atomic E-state index is 13.0. The van der Waals surface area contributed by atoms with E-state index < -0.39 is 5.76 Å². The van der Waals surface area contributed by atoms with Crippen LogP contribution >= 0.6 is 0 Å². The second-order valence-electron chi connectivity index (χ2n) is 6.71. The van der Waals surface area contributed by atoms with Crippen LogP contribution < -0.4 is 11.1 Å². The van der Waals surface area contributed by atoms with Crippen molar-refractivity contribution in [3.63, 3.8) is 0 Å². The van der Waals surface area contributed by atoms with E-state index in [0.717, 1.165) is 24.0 Å². The van der Waals surface area contributed by atoms with Gasteiger partial charge in [-0.3, -0.25) is 9.78 Å². The zero-order chi connectivity index (χ0) is 19.0. The summed E-state index contributed by atoms with van der Waals surface area (Å²) < 4.78 is 7.24. The molecule has 2 N–H and O–H groups in total. The molecule has 2 aromatic heterocycles. The predicted octanol–water partition coefficient (Wildman–Crippen LogP) is 2.89. The van der Waals surface area contributed by atoms with E-state index in [-0.39, 0.29) is 5.91 Å². The molecule has 0 radical (unpaired) electrons. The number of aromatic amines is 1. The monoisotopic (exact) mass is 364 g/mol. The molecule has 0 fully saturated rings. The average Bonchev–Trinajstić information content (AvgIpc) is 3.20. The first-order valence-electron chi connectivity index (χ1n) is 8.69. The van der Waals surface area contributed by atoms with Gasteiger partial charge in [0.05, 0.1) is 16.8 Å². The van der Waals surface area contributed by atoms with E-state index in [9.17, 15) is 9.59 Å². The van der Waals surface area contributed by atoms with Crippen molar-refractivity contribution in [3.05, 3.63) is 64.8 Å². The minimum atomic E-state index is -0.549. The molecule has 0 spiro atoms. The van der Waals surface area contributed by atoms with Crippen LogP contribution in [0.25, 0.3) is 22.0 Å². The molecule has 0 aliphatic heterocycles. The molecule has 4 rings (SSSR count). The van der Waals surface area contributed by atoms with Gasteiger partial charge in [0.25, 0.3) is 5.91 Å². The number of oxazole rings is 1. The Kier molecular flexibility index (Phi) is 4.29. The van der Waals surface area contributed by atoms with Gasteiger partial charge in [-0.1, -0.05) is 24.3 Å². The van der Waals surface area contributed by atoms with Gasteiger partial charge in [0.1, 0.15) is 0 Å². The SMILES string of the molecule is CN(C)CCn1cc(C(=O)Nc2cccc3[nH]c(=O)oc23)c2ccccc21. The quantitative estimate of drug-likeness (QED) is 0.570. The highest BCUT2D eigenvalue weighted by Gasteiger charge is 2.17. The third-order valence-electron chi connectivity index (χ3n) is 4.52. The molecule has 0 unspecified atom stereocenters. The number of carbonyl (C=O) groups is 1. The van der Waals surface area contributed by atoms with Gasteiger partial charge in [-0.05, 0) is 32.3 Å². The van der Waals surface area contributed by atoms with Gasteiger partial charge in [0.2, 0.25) is 0 Å². The molecule has 0 saturated heterocycles. The molecule has 0 bridgehead atoms. The summed E-state index contributed by atoms with van der Waals surface area (Å²) in [6.07, 6.45) is 1.87. The highest BCUT2D eigenvalue weighted by atomic mass is 16.4. The van der Waals surface area contributed by atoms with Gasteiger partial charge in [-0.2, -0.15) is 0 Å². The van der Waals surface area contributed by atoms with Crippen molar-refractivity contribution < 1.29 is 9.21 Å². The van der Waals surface area contributed by atoms with Crippen molar-refractivity contribution >= 4 is 33.6 Å². The Morgan fingerprint density at radius 2 is 2.00 bits per heavy atom. The number of aromatic nitrogens is 2. The van der Waals surface area contributed by atoms with Gasteiger partial charge in [-0.15, -0.1) is 0 Å². The van der Waals surface area contributed by atoms with Crippen LogP contribution in [0.4, 0.5) is 5.69 Å². The number of likely N-dealkylation sites (N-methyl/N-ethyl adjacent to an activating group) is 1. The van der Waals surface area contributed by atoms with Crippen LogP contribution in [0.3, 0.4) is 0 Å². The number of H-pyrrole nitrogens is 1. The third kappa shape index (κ3) is 3.24. The summed E-state index contributed by atoms with van der Waals surface area (Å²) in [7, 11) is 4.04. The second kappa shape index (κ2) is 6.77. The topological polar surface area (TPSA) is 83.3 Å². The van der Waals surface area contributed by atoms with Gasteiger partial charge in [0, 0.05) is 30.2 Å². The normalized spacial score (nSPS) is 11.5. The second-order valence-corrected chi connectivity index (χ2v) is 6.71. The van der Waals surface area contributed by atoms with E-state index >= 15 is 0 Å². The number of anilines is 1. The van der Waals surface area contributed by atoms with Crippen molar-refractivity contribution in [2.75, 3.05) is 26.0 Å². The van der Waals surface area contributed by atoms with Crippen LogP contribution in [-0.2, 0) is 6.54 Å². The van der Waals surface area contributed by atoms with Gasteiger partial charge in [-0.25, -0.2) is 4.79 Å². The maximum Gasteiger partial charge on any atom is 0.417 e. The highest BCUT2D eigenvalue weighted by Crippen LogP contribution is 2.25. The molecule has 27 heavy (non-hydrogen) atoms. The lowest BCUT2D eigenvalue weighted by molar-refractivity contribution is 0.102. The standard InChI is InChI=1S/C20H20N4O3/c1-23(2)10-11-24-12-14(13-6-3-4-9-17(13)24)19(25)21-15-7-5-8-16-18(15)27-20(26)22-16/h3-9,12H,10-11H2,1-2H3,(H,21,25)(H,22,26). The number of nitrogens with one attached hydrogen (secondary N) is 2. The van der Waals surface area contributed by atoms with Crippen LogP contribution in [0, 0.1) is 0 Å². The number of carbonyl (C=O) groups excluding carboxylic acids is 1. The van der Waals surface area contributed by atoms with Crippen molar-refractivity contribution in [3.8, 4) is 0 Å². The molecule has 0 aliphatic carbocycles. The molecule has 7 heteroatoms. The number of hydrogen-bond donors (Lipinski definition) is 2. The molecule has 2 aromatic carbocycles. The highest BCUT2D eigenvalue weighted by molar-refractivity contribution is 6.14. The number of rotatable bonds is 5. The van der Waals surface area contributed by atoms with E-state index in [1.165, 1.54) is 0 Å². The van der Waals surface area contributed by atoms with Crippen LogP contribution in [-0.4, -0.2) is 41.0 Å². The van der Waals surface area contributed by atoms with E-state index in [1.807, 2.05) is 44.6 Å². The van der Waals surface area contributed by atoms with E-state index in [0.29, 0.717) is 22.4 Å². The Morgan fingerprint density at radius 1 is 1.19 bits per heavy atom. The molecule has 0 atom stereocenters. The number of amides is 1. The molecule has 0 aliphatic rings. The van der Waals surface area contributed by atoms with Crippen LogP contribution in [0.1, 0.15) is 10.4 Å². The predicted molar refractivity (Wildman–Crippen MR) is 105 cm³/mol. The van der Waals surface area contributed by atoms with Crippen LogP contribution in [0.2, 0.25) is 0 Å². The molecular weight excluding hydrogens is 344 g/mol. The van der Waals surface area contributed by atoms with Crippen molar-refractivity contribution in [1.82, 2.24) is 14.5 Å². The van der Waals surface area contributed by atoms with Crippen molar-refractivity contribution in [1.29, 1.82) is 0 Å². The van der Waals surface area contributed by atoms with Gasteiger partial charge >= 0.3 is 5.76 Å². The Labute approximate surface area is 155 Å². The number of benzene rings is 2. The number of para-hydroxylation sites is 2. The molecule has 1 amide bonds. The molecule has 138 valence electrons.